The molecule has 1 aromatic heterocycles. The second-order valence-corrected chi connectivity index (χ2v) is 3.43. The number of nitrogens with zero attached hydrogens (tertiary/aromatic N) is 2. The van der Waals surface area contributed by atoms with Crippen molar-refractivity contribution in [3.8, 4) is 0 Å². The molecule has 74 valence electrons. The van der Waals surface area contributed by atoms with E-state index in [1.54, 1.807) is 11.6 Å². The van der Waals surface area contributed by atoms with Crippen LogP contribution in [0.5, 0.6) is 0 Å². The van der Waals surface area contributed by atoms with Gasteiger partial charge in [-0.05, 0) is 13.8 Å². The lowest BCUT2D eigenvalue weighted by Crippen LogP contribution is -2.26. The lowest BCUT2D eigenvalue weighted by Gasteiger charge is -2.12. The monoisotopic (exact) mass is 183 g/mol. The fraction of sp³-hybridized carbons (Fsp3) is 0.667. The molecule has 1 aromatic rings. The Morgan fingerprint density at radius 2 is 2.31 bits per heavy atom. The topological polar surface area (TPSA) is 50.1 Å². The van der Waals surface area contributed by atoms with Gasteiger partial charge in [-0.25, -0.2) is 0 Å². The molecule has 0 saturated heterocycles. The highest BCUT2D eigenvalue weighted by Crippen LogP contribution is 2.09. The Morgan fingerprint density at radius 1 is 1.62 bits per heavy atom. The Morgan fingerprint density at radius 3 is 2.77 bits per heavy atom. The van der Waals surface area contributed by atoms with Crippen molar-refractivity contribution in [2.24, 2.45) is 7.05 Å². The van der Waals surface area contributed by atoms with Crippen LogP contribution in [-0.2, 0) is 7.05 Å². The van der Waals surface area contributed by atoms with Gasteiger partial charge < -0.3 is 10.4 Å². The Kier molecular flexibility index (Phi) is 3.45. The molecule has 4 nitrogen and oxygen atoms in total. The van der Waals surface area contributed by atoms with Crippen LogP contribution in [0.3, 0.4) is 0 Å². The van der Waals surface area contributed by atoms with E-state index in [4.69, 9.17) is 5.11 Å². The van der Waals surface area contributed by atoms with Crippen molar-refractivity contribution in [3.63, 3.8) is 0 Å². The quantitative estimate of drug-likeness (QED) is 0.712. The molecule has 1 rings (SSSR count). The number of rotatable bonds is 4. The molecule has 0 aromatic carbocycles. The molecule has 0 saturated carbocycles. The summed E-state index contributed by atoms with van der Waals surface area (Å²) in [4.78, 5) is 0. The predicted octanol–water partition coefficient (Wildman–Crippen LogP) is 0.451. The molecular formula is C9H17N3O. The smallest absolute Gasteiger partial charge is 0.0636 e. The average molecular weight is 183 g/mol. The summed E-state index contributed by atoms with van der Waals surface area (Å²) in [6, 6.07) is 0.239. The van der Waals surface area contributed by atoms with Crippen LogP contribution in [-0.4, -0.2) is 27.5 Å². The summed E-state index contributed by atoms with van der Waals surface area (Å²) in [6.07, 6.45) is 3.50. The van der Waals surface area contributed by atoms with E-state index in [-0.39, 0.29) is 12.1 Å². The number of hydrogen-bond acceptors (Lipinski definition) is 3. The number of aliphatic hydroxyl groups excluding tert-OH is 1. The predicted molar refractivity (Wildman–Crippen MR) is 51.3 cm³/mol. The summed E-state index contributed by atoms with van der Waals surface area (Å²) in [5.74, 6) is 0. The molecule has 0 aliphatic rings. The summed E-state index contributed by atoms with van der Waals surface area (Å²) < 4.78 is 1.77. The summed E-state index contributed by atoms with van der Waals surface area (Å²) in [5.41, 5.74) is 1.14. The maximum Gasteiger partial charge on any atom is 0.0636 e. The Labute approximate surface area is 78.6 Å². The molecule has 0 amide bonds. The minimum Gasteiger partial charge on any atom is -0.392 e. The largest absolute Gasteiger partial charge is 0.392 e. The molecule has 0 bridgehead atoms. The molecule has 0 fully saturated rings. The number of aryl methyl sites for hydroxylation is 1. The van der Waals surface area contributed by atoms with Crippen LogP contribution < -0.4 is 5.32 Å². The van der Waals surface area contributed by atoms with Gasteiger partial charge in [-0.15, -0.1) is 0 Å². The first-order chi connectivity index (χ1) is 6.09. The summed E-state index contributed by atoms with van der Waals surface area (Å²) in [5, 5.41) is 16.4. The third-order valence-electron chi connectivity index (χ3n) is 1.94. The Bertz CT molecular complexity index is 257. The minimum atomic E-state index is -0.306. The SMILES string of the molecule is C[C@H](O)CN[C@@H](C)c1cnn(C)c1. The number of aromatic nitrogens is 2. The fourth-order valence-corrected chi connectivity index (χ4v) is 1.13. The molecule has 0 radical (unpaired) electrons. The van der Waals surface area contributed by atoms with Crippen LogP contribution in [0.25, 0.3) is 0 Å². The van der Waals surface area contributed by atoms with Crippen molar-refractivity contribution in [2.45, 2.75) is 26.0 Å². The summed E-state index contributed by atoms with van der Waals surface area (Å²) >= 11 is 0. The van der Waals surface area contributed by atoms with Crippen LogP contribution in [0.4, 0.5) is 0 Å². The first kappa shape index (κ1) is 10.2. The zero-order valence-corrected chi connectivity index (χ0v) is 8.36. The first-order valence-corrected chi connectivity index (χ1v) is 4.49. The third kappa shape index (κ3) is 3.16. The molecule has 0 unspecified atom stereocenters. The van der Waals surface area contributed by atoms with E-state index in [0.717, 1.165) is 5.56 Å². The van der Waals surface area contributed by atoms with Gasteiger partial charge in [0.2, 0.25) is 0 Å². The first-order valence-electron chi connectivity index (χ1n) is 4.49. The van der Waals surface area contributed by atoms with E-state index in [2.05, 4.69) is 17.3 Å². The lowest BCUT2D eigenvalue weighted by atomic mass is 10.2. The van der Waals surface area contributed by atoms with E-state index < -0.39 is 0 Å². The molecule has 13 heavy (non-hydrogen) atoms. The van der Waals surface area contributed by atoms with Crippen molar-refractivity contribution in [1.82, 2.24) is 15.1 Å². The number of aliphatic hydroxyl groups is 1. The molecule has 0 spiro atoms. The van der Waals surface area contributed by atoms with Crippen LogP contribution in [0.2, 0.25) is 0 Å². The maximum absolute atomic E-state index is 9.07. The van der Waals surface area contributed by atoms with Crippen LogP contribution in [0, 0.1) is 0 Å². The van der Waals surface area contributed by atoms with E-state index in [0.29, 0.717) is 6.54 Å². The van der Waals surface area contributed by atoms with Gasteiger partial charge in [-0.3, -0.25) is 4.68 Å². The Hall–Kier alpha value is -0.870. The van der Waals surface area contributed by atoms with E-state index >= 15 is 0 Å². The van der Waals surface area contributed by atoms with Crippen molar-refractivity contribution in [3.05, 3.63) is 18.0 Å². The molecular weight excluding hydrogens is 166 g/mol. The molecule has 2 N–H and O–H groups in total. The van der Waals surface area contributed by atoms with Crippen LogP contribution in [0.1, 0.15) is 25.5 Å². The zero-order chi connectivity index (χ0) is 9.84. The molecule has 2 atom stereocenters. The summed E-state index contributed by atoms with van der Waals surface area (Å²) in [7, 11) is 1.89. The van der Waals surface area contributed by atoms with Gasteiger partial charge in [0.15, 0.2) is 0 Å². The van der Waals surface area contributed by atoms with E-state index in [1.807, 2.05) is 19.4 Å². The van der Waals surface area contributed by atoms with E-state index in [1.165, 1.54) is 0 Å². The second-order valence-electron chi connectivity index (χ2n) is 3.43. The third-order valence-corrected chi connectivity index (χ3v) is 1.94. The van der Waals surface area contributed by atoms with Crippen molar-refractivity contribution in [2.75, 3.05) is 6.54 Å². The van der Waals surface area contributed by atoms with Gasteiger partial charge in [-0.2, -0.15) is 5.10 Å². The van der Waals surface area contributed by atoms with Crippen LogP contribution in [0.15, 0.2) is 12.4 Å². The second kappa shape index (κ2) is 4.39. The van der Waals surface area contributed by atoms with Gasteiger partial charge in [-0.1, -0.05) is 0 Å². The van der Waals surface area contributed by atoms with Gasteiger partial charge >= 0.3 is 0 Å². The van der Waals surface area contributed by atoms with Crippen molar-refractivity contribution < 1.29 is 5.11 Å². The highest BCUT2D eigenvalue weighted by molar-refractivity contribution is 5.08. The number of hydrogen-bond donors (Lipinski definition) is 2. The lowest BCUT2D eigenvalue weighted by molar-refractivity contribution is 0.187. The van der Waals surface area contributed by atoms with Gasteiger partial charge in [0.1, 0.15) is 0 Å². The Balaban J connectivity index is 2.44. The standard InChI is InChI=1S/C9H17N3O/c1-7(13)4-10-8(2)9-5-11-12(3)6-9/h5-8,10,13H,4H2,1-3H3/t7-,8-/m0/s1. The van der Waals surface area contributed by atoms with Gasteiger partial charge in [0, 0.05) is 31.4 Å². The van der Waals surface area contributed by atoms with Gasteiger partial charge in [0.25, 0.3) is 0 Å². The normalized spacial score (nSPS) is 15.7. The van der Waals surface area contributed by atoms with Crippen molar-refractivity contribution >= 4 is 0 Å². The molecule has 0 aliphatic carbocycles. The average Bonchev–Trinajstić information content (AvgIpc) is 2.47. The van der Waals surface area contributed by atoms with Crippen LogP contribution >= 0.6 is 0 Å². The van der Waals surface area contributed by atoms with Gasteiger partial charge in [0.05, 0.1) is 12.3 Å². The molecule has 1 heterocycles. The highest BCUT2D eigenvalue weighted by Gasteiger charge is 2.07. The minimum absolute atomic E-state index is 0.239. The maximum atomic E-state index is 9.07. The summed E-state index contributed by atoms with van der Waals surface area (Å²) in [6.45, 7) is 4.43. The highest BCUT2D eigenvalue weighted by atomic mass is 16.3. The zero-order valence-electron chi connectivity index (χ0n) is 8.36. The van der Waals surface area contributed by atoms with E-state index in [9.17, 15) is 0 Å². The molecule has 4 heteroatoms. The van der Waals surface area contributed by atoms with Crippen molar-refractivity contribution in [1.29, 1.82) is 0 Å². The number of nitrogens with one attached hydrogen (secondary N) is 1. The molecule has 0 aliphatic heterocycles. The fourth-order valence-electron chi connectivity index (χ4n) is 1.13.